The Labute approximate surface area is 95.6 Å². The Bertz CT molecular complexity index is 403. The maximum absolute atomic E-state index is 13.3. The first-order valence-electron chi connectivity index (χ1n) is 5.56. The van der Waals surface area contributed by atoms with Crippen molar-refractivity contribution in [1.29, 1.82) is 0 Å². The summed E-state index contributed by atoms with van der Waals surface area (Å²) in [6.07, 6.45) is 0. The van der Waals surface area contributed by atoms with Crippen LogP contribution in [0.15, 0.2) is 18.2 Å². The summed E-state index contributed by atoms with van der Waals surface area (Å²) >= 11 is 0. The van der Waals surface area contributed by atoms with Gasteiger partial charge < -0.3 is 10.5 Å². The molecule has 16 heavy (non-hydrogen) atoms. The maximum atomic E-state index is 13.3. The number of rotatable bonds is 3. The van der Waals surface area contributed by atoms with E-state index in [2.05, 4.69) is 13.8 Å². The number of benzene rings is 1. The van der Waals surface area contributed by atoms with E-state index in [1.165, 1.54) is 13.2 Å². The smallest absolute Gasteiger partial charge is 0.165 e. The fourth-order valence-electron chi connectivity index (χ4n) is 2.72. The van der Waals surface area contributed by atoms with Crippen LogP contribution in [0.5, 0.6) is 5.75 Å². The molecule has 88 valence electrons. The number of halogens is 1. The molecule has 1 saturated carbocycles. The molecule has 3 heteroatoms. The molecule has 2 N–H and O–H groups in total. The van der Waals surface area contributed by atoms with Crippen LogP contribution < -0.4 is 10.5 Å². The van der Waals surface area contributed by atoms with Crippen molar-refractivity contribution in [3.63, 3.8) is 0 Å². The van der Waals surface area contributed by atoms with E-state index in [9.17, 15) is 4.39 Å². The van der Waals surface area contributed by atoms with Crippen molar-refractivity contribution in [3.05, 3.63) is 29.6 Å². The van der Waals surface area contributed by atoms with Crippen molar-refractivity contribution in [2.24, 2.45) is 17.1 Å². The van der Waals surface area contributed by atoms with Gasteiger partial charge in [-0.1, -0.05) is 19.9 Å². The second kappa shape index (κ2) is 3.74. The van der Waals surface area contributed by atoms with E-state index in [-0.39, 0.29) is 11.2 Å². The molecule has 0 aromatic heterocycles. The Balaban J connectivity index is 2.30. The highest BCUT2D eigenvalue weighted by Gasteiger charge is 2.57. The molecule has 0 saturated heterocycles. The fraction of sp³-hybridized carbons (Fsp3) is 0.538. The Morgan fingerprint density at radius 2 is 2.12 bits per heavy atom. The molecule has 2 rings (SSSR count). The van der Waals surface area contributed by atoms with Gasteiger partial charge in [0.1, 0.15) is 0 Å². The predicted molar refractivity (Wildman–Crippen MR) is 62.0 cm³/mol. The molecule has 2 nitrogen and oxygen atoms in total. The predicted octanol–water partition coefficient (Wildman–Crippen LogP) is 2.53. The van der Waals surface area contributed by atoms with E-state index in [1.54, 1.807) is 6.07 Å². The summed E-state index contributed by atoms with van der Waals surface area (Å²) in [5.74, 6) is 0.916. The SMILES string of the molecule is COc1cc(C2C(CN)C2(C)C)ccc1F. The van der Waals surface area contributed by atoms with Crippen molar-refractivity contribution >= 4 is 0 Å². The lowest BCUT2D eigenvalue weighted by atomic mass is 10.0. The highest BCUT2D eigenvalue weighted by Crippen LogP contribution is 2.64. The lowest BCUT2D eigenvalue weighted by Crippen LogP contribution is -2.05. The number of hydrogen-bond acceptors (Lipinski definition) is 2. The standard InChI is InChI=1S/C13H18FNO/c1-13(2)9(7-15)12(13)8-4-5-10(14)11(6-8)16-3/h4-6,9,12H,7,15H2,1-3H3. The van der Waals surface area contributed by atoms with Crippen LogP contribution in [0.4, 0.5) is 4.39 Å². The van der Waals surface area contributed by atoms with Gasteiger partial charge in [0.25, 0.3) is 0 Å². The maximum Gasteiger partial charge on any atom is 0.165 e. The average Bonchev–Trinajstić information content (AvgIpc) is 2.81. The topological polar surface area (TPSA) is 35.2 Å². The lowest BCUT2D eigenvalue weighted by Gasteiger charge is -2.06. The minimum atomic E-state index is -0.311. The zero-order valence-electron chi connectivity index (χ0n) is 9.96. The van der Waals surface area contributed by atoms with Crippen molar-refractivity contribution in [2.45, 2.75) is 19.8 Å². The summed E-state index contributed by atoms with van der Waals surface area (Å²) in [5, 5.41) is 0. The number of methoxy groups -OCH3 is 1. The molecule has 0 spiro atoms. The quantitative estimate of drug-likeness (QED) is 0.854. The highest BCUT2D eigenvalue weighted by atomic mass is 19.1. The molecule has 2 unspecified atom stereocenters. The van der Waals surface area contributed by atoms with Gasteiger partial charge in [0.15, 0.2) is 11.6 Å². The summed E-state index contributed by atoms with van der Waals surface area (Å²) < 4.78 is 18.3. The first-order chi connectivity index (χ1) is 7.52. The minimum Gasteiger partial charge on any atom is -0.494 e. The number of hydrogen-bond donors (Lipinski definition) is 1. The lowest BCUT2D eigenvalue weighted by molar-refractivity contribution is 0.385. The molecule has 2 atom stereocenters. The van der Waals surface area contributed by atoms with Gasteiger partial charge >= 0.3 is 0 Å². The Morgan fingerprint density at radius 3 is 2.62 bits per heavy atom. The fourth-order valence-corrected chi connectivity index (χ4v) is 2.72. The molecule has 1 aromatic carbocycles. The Morgan fingerprint density at radius 1 is 1.44 bits per heavy atom. The third-order valence-corrected chi connectivity index (χ3v) is 3.84. The van der Waals surface area contributed by atoms with Gasteiger partial charge in [-0.15, -0.1) is 0 Å². The first-order valence-corrected chi connectivity index (χ1v) is 5.56. The van der Waals surface area contributed by atoms with Gasteiger partial charge in [-0.25, -0.2) is 4.39 Å². The van der Waals surface area contributed by atoms with E-state index in [4.69, 9.17) is 10.5 Å². The highest BCUT2D eigenvalue weighted by molar-refractivity contribution is 5.38. The second-order valence-corrected chi connectivity index (χ2v) is 5.04. The number of ether oxygens (including phenoxy) is 1. The van der Waals surface area contributed by atoms with Crippen molar-refractivity contribution in [1.82, 2.24) is 0 Å². The molecule has 0 heterocycles. The molecule has 1 aromatic rings. The Hall–Kier alpha value is -1.09. The van der Waals surface area contributed by atoms with Gasteiger partial charge in [-0.2, -0.15) is 0 Å². The van der Waals surface area contributed by atoms with E-state index in [0.29, 0.717) is 24.1 Å². The van der Waals surface area contributed by atoms with Gasteiger partial charge in [0, 0.05) is 0 Å². The van der Waals surface area contributed by atoms with E-state index >= 15 is 0 Å². The summed E-state index contributed by atoms with van der Waals surface area (Å²) in [5.41, 5.74) is 7.08. The van der Waals surface area contributed by atoms with Crippen molar-refractivity contribution < 1.29 is 9.13 Å². The molecule has 0 amide bonds. The third kappa shape index (κ3) is 1.59. The Kier molecular flexibility index (Phi) is 2.66. The summed E-state index contributed by atoms with van der Waals surface area (Å²) in [6.45, 7) is 5.08. The molecule has 0 aliphatic heterocycles. The third-order valence-electron chi connectivity index (χ3n) is 3.84. The van der Waals surface area contributed by atoms with Crippen LogP contribution in [0.1, 0.15) is 25.3 Å². The monoisotopic (exact) mass is 223 g/mol. The van der Waals surface area contributed by atoms with Crippen LogP contribution in [0.25, 0.3) is 0 Å². The van der Waals surface area contributed by atoms with Gasteiger partial charge in [0.2, 0.25) is 0 Å². The molecular formula is C13H18FNO. The van der Waals surface area contributed by atoms with E-state index < -0.39 is 0 Å². The van der Waals surface area contributed by atoms with Gasteiger partial charge in [-0.05, 0) is 41.5 Å². The van der Waals surface area contributed by atoms with Crippen LogP contribution in [0, 0.1) is 17.2 Å². The van der Waals surface area contributed by atoms with Crippen LogP contribution in [-0.4, -0.2) is 13.7 Å². The van der Waals surface area contributed by atoms with Crippen LogP contribution in [0.2, 0.25) is 0 Å². The van der Waals surface area contributed by atoms with Gasteiger partial charge in [-0.3, -0.25) is 0 Å². The van der Waals surface area contributed by atoms with Crippen LogP contribution >= 0.6 is 0 Å². The molecule has 1 fully saturated rings. The number of nitrogens with two attached hydrogens (primary N) is 1. The summed E-state index contributed by atoms with van der Waals surface area (Å²) in [6, 6.07) is 5.09. The zero-order chi connectivity index (χ0) is 11.9. The second-order valence-electron chi connectivity index (χ2n) is 5.04. The minimum absolute atomic E-state index is 0.220. The zero-order valence-corrected chi connectivity index (χ0v) is 9.96. The van der Waals surface area contributed by atoms with E-state index in [0.717, 1.165) is 5.56 Å². The normalized spacial score (nSPS) is 26.6. The van der Waals surface area contributed by atoms with Crippen molar-refractivity contribution in [3.8, 4) is 5.75 Å². The summed E-state index contributed by atoms with van der Waals surface area (Å²) in [4.78, 5) is 0. The van der Waals surface area contributed by atoms with Crippen molar-refractivity contribution in [2.75, 3.05) is 13.7 Å². The largest absolute Gasteiger partial charge is 0.494 e. The molecular weight excluding hydrogens is 205 g/mol. The van der Waals surface area contributed by atoms with Gasteiger partial charge in [0.05, 0.1) is 7.11 Å². The molecule has 1 aliphatic rings. The molecule has 0 bridgehead atoms. The molecule has 1 aliphatic carbocycles. The van der Waals surface area contributed by atoms with Crippen LogP contribution in [0.3, 0.4) is 0 Å². The molecule has 0 radical (unpaired) electrons. The first kappa shape index (κ1) is 11.4. The van der Waals surface area contributed by atoms with E-state index in [1.807, 2.05) is 6.07 Å². The summed E-state index contributed by atoms with van der Waals surface area (Å²) in [7, 11) is 1.49. The average molecular weight is 223 g/mol. The van der Waals surface area contributed by atoms with Crippen LogP contribution in [-0.2, 0) is 0 Å².